The van der Waals surface area contributed by atoms with Gasteiger partial charge in [0.1, 0.15) is 22.9 Å². The van der Waals surface area contributed by atoms with E-state index in [1.165, 1.54) is 12.1 Å². The van der Waals surface area contributed by atoms with Crippen molar-refractivity contribution in [2.75, 3.05) is 6.61 Å². The van der Waals surface area contributed by atoms with Gasteiger partial charge in [0, 0.05) is 10.9 Å². The minimum absolute atomic E-state index is 0.313. The van der Waals surface area contributed by atoms with Gasteiger partial charge in [-0.25, -0.2) is 9.18 Å². The van der Waals surface area contributed by atoms with E-state index in [1.54, 1.807) is 36.4 Å². The molecule has 21 heavy (non-hydrogen) atoms. The molecule has 0 spiro atoms. The van der Waals surface area contributed by atoms with Crippen LogP contribution in [-0.2, 0) is 4.79 Å². The maximum absolute atomic E-state index is 13.1. The molecule has 0 saturated carbocycles. The van der Waals surface area contributed by atoms with Gasteiger partial charge >= 0.3 is 5.97 Å². The summed E-state index contributed by atoms with van der Waals surface area (Å²) < 4.78 is 23.8. The van der Waals surface area contributed by atoms with Gasteiger partial charge in [-0.3, -0.25) is 0 Å². The quantitative estimate of drug-likeness (QED) is 0.794. The zero-order valence-electron chi connectivity index (χ0n) is 10.9. The van der Waals surface area contributed by atoms with Crippen molar-refractivity contribution < 1.29 is 23.4 Å². The average molecular weight is 286 g/mol. The molecule has 0 fully saturated rings. The number of rotatable bonds is 4. The molecule has 0 atom stereocenters. The maximum Gasteiger partial charge on any atom is 0.341 e. The molecule has 106 valence electrons. The van der Waals surface area contributed by atoms with E-state index in [0.29, 0.717) is 22.5 Å². The number of furan rings is 1. The monoisotopic (exact) mass is 286 g/mol. The number of halogens is 1. The van der Waals surface area contributed by atoms with Crippen LogP contribution in [0, 0.1) is 5.82 Å². The molecule has 1 heterocycles. The minimum atomic E-state index is -1.03. The Bertz CT molecular complexity index is 790. The normalized spacial score (nSPS) is 10.7. The van der Waals surface area contributed by atoms with Crippen molar-refractivity contribution in [1.82, 2.24) is 0 Å². The van der Waals surface area contributed by atoms with Crippen molar-refractivity contribution in [1.29, 1.82) is 0 Å². The van der Waals surface area contributed by atoms with Gasteiger partial charge in [-0.1, -0.05) is 0 Å². The molecule has 1 N–H and O–H groups in total. The summed E-state index contributed by atoms with van der Waals surface area (Å²) >= 11 is 0. The fourth-order valence-corrected chi connectivity index (χ4v) is 2.02. The first-order chi connectivity index (χ1) is 10.1. The lowest BCUT2D eigenvalue weighted by Crippen LogP contribution is -2.09. The van der Waals surface area contributed by atoms with Crippen molar-refractivity contribution >= 4 is 16.9 Å². The van der Waals surface area contributed by atoms with Gasteiger partial charge in [0.05, 0.1) is 0 Å². The van der Waals surface area contributed by atoms with Gasteiger partial charge in [0.25, 0.3) is 0 Å². The van der Waals surface area contributed by atoms with Crippen LogP contribution in [0.25, 0.3) is 22.3 Å². The molecular formula is C16H11FO4. The predicted molar refractivity (Wildman–Crippen MR) is 74.7 cm³/mol. The largest absolute Gasteiger partial charge is 0.482 e. The van der Waals surface area contributed by atoms with Crippen LogP contribution in [0.15, 0.2) is 52.9 Å². The molecule has 4 nitrogen and oxygen atoms in total. The van der Waals surface area contributed by atoms with E-state index in [2.05, 4.69) is 0 Å². The Morgan fingerprint density at radius 3 is 2.62 bits per heavy atom. The number of carbonyl (C=O) groups is 1. The second-order valence-electron chi connectivity index (χ2n) is 4.50. The maximum atomic E-state index is 13.1. The summed E-state index contributed by atoms with van der Waals surface area (Å²) in [6.07, 6.45) is 0. The van der Waals surface area contributed by atoms with Crippen LogP contribution in [-0.4, -0.2) is 17.7 Å². The van der Waals surface area contributed by atoms with E-state index in [9.17, 15) is 9.18 Å². The first kappa shape index (κ1) is 13.2. The third-order valence-electron chi connectivity index (χ3n) is 2.98. The second-order valence-corrected chi connectivity index (χ2v) is 4.50. The number of carboxylic acids is 1. The molecule has 0 bridgehead atoms. The lowest BCUT2D eigenvalue weighted by atomic mass is 10.1. The molecule has 2 aromatic carbocycles. The molecule has 1 aromatic heterocycles. The number of carboxylic acid groups (broad SMARTS) is 1. The van der Waals surface area contributed by atoms with Crippen LogP contribution in [0.4, 0.5) is 4.39 Å². The first-order valence-corrected chi connectivity index (χ1v) is 6.26. The Morgan fingerprint density at radius 1 is 1.14 bits per heavy atom. The third-order valence-corrected chi connectivity index (χ3v) is 2.98. The van der Waals surface area contributed by atoms with Crippen LogP contribution >= 0.6 is 0 Å². The molecule has 0 unspecified atom stereocenters. The van der Waals surface area contributed by atoms with Gasteiger partial charge in [-0.05, 0) is 48.5 Å². The first-order valence-electron chi connectivity index (χ1n) is 6.26. The molecule has 0 radical (unpaired) electrons. The highest BCUT2D eigenvalue weighted by Crippen LogP contribution is 2.29. The van der Waals surface area contributed by atoms with Crippen LogP contribution < -0.4 is 4.74 Å². The summed E-state index contributed by atoms with van der Waals surface area (Å²) in [7, 11) is 0. The Morgan fingerprint density at radius 2 is 1.90 bits per heavy atom. The summed E-state index contributed by atoms with van der Waals surface area (Å²) in [4.78, 5) is 10.4. The molecule has 0 saturated heterocycles. The van der Waals surface area contributed by atoms with Crippen LogP contribution in [0.5, 0.6) is 5.75 Å². The van der Waals surface area contributed by atoms with Gasteiger partial charge in [-0.15, -0.1) is 0 Å². The Hall–Kier alpha value is -2.82. The van der Waals surface area contributed by atoms with Gasteiger partial charge in [-0.2, -0.15) is 0 Å². The lowest BCUT2D eigenvalue weighted by molar-refractivity contribution is -0.139. The van der Waals surface area contributed by atoms with E-state index < -0.39 is 5.97 Å². The van der Waals surface area contributed by atoms with E-state index in [4.69, 9.17) is 14.3 Å². The van der Waals surface area contributed by atoms with Crippen molar-refractivity contribution in [3.05, 3.63) is 54.3 Å². The summed E-state index contributed by atoms with van der Waals surface area (Å²) in [6, 6.07) is 12.9. The summed E-state index contributed by atoms with van der Waals surface area (Å²) in [6.45, 7) is -0.386. The molecule has 3 rings (SSSR count). The summed E-state index contributed by atoms with van der Waals surface area (Å²) in [5, 5.41) is 9.23. The van der Waals surface area contributed by atoms with Crippen LogP contribution in [0.1, 0.15) is 0 Å². The van der Waals surface area contributed by atoms with Gasteiger partial charge in [0.15, 0.2) is 6.61 Å². The zero-order valence-corrected chi connectivity index (χ0v) is 10.9. The van der Waals surface area contributed by atoms with Crippen LogP contribution in [0.2, 0.25) is 0 Å². The van der Waals surface area contributed by atoms with E-state index >= 15 is 0 Å². The van der Waals surface area contributed by atoms with Crippen molar-refractivity contribution in [3.63, 3.8) is 0 Å². The number of hydrogen-bond acceptors (Lipinski definition) is 3. The molecule has 3 aromatic rings. The van der Waals surface area contributed by atoms with Crippen molar-refractivity contribution in [3.8, 4) is 17.1 Å². The molecule has 0 aliphatic rings. The summed E-state index contributed by atoms with van der Waals surface area (Å²) in [5.41, 5.74) is 1.41. The highest BCUT2D eigenvalue weighted by molar-refractivity contribution is 5.82. The molecular weight excluding hydrogens is 275 g/mol. The van der Waals surface area contributed by atoms with Crippen molar-refractivity contribution in [2.24, 2.45) is 0 Å². The summed E-state index contributed by atoms with van der Waals surface area (Å²) in [5.74, 6) is -0.269. The molecule has 0 aliphatic carbocycles. The molecule has 0 amide bonds. The predicted octanol–water partition coefficient (Wildman–Crippen LogP) is 3.70. The van der Waals surface area contributed by atoms with E-state index in [-0.39, 0.29) is 12.4 Å². The minimum Gasteiger partial charge on any atom is -0.482 e. The fourth-order valence-electron chi connectivity index (χ4n) is 2.02. The lowest BCUT2D eigenvalue weighted by Gasteiger charge is -2.03. The topological polar surface area (TPSA) is 59.7 Å². The Balaban J connectivity index is 1.86. The highest BCUT2D eigenvalue weighted by atomic mass is 19.1. The SMILES string of the molecule is O=C(O)COc1ccc(-c2cc3cc(F)ccc3o2)cc1. The van der Waals surface area contributed by atoms with E-state index in [0.717, 1.165) is 5.56 Å². The smallest absolute Gasteiger partial charge is 0.341 e. The highest BCUT2D eigenvalue weighted by Gasteiger charge is 2.07. The average Bonchev–Trinajstić information content (AvgIpc) is 2.88. The number of hydrogen-bond donors (Lipinski definition) is 1. The third kappa shape index (κ3) is 2.86. The molecule has 0 aliphatic heterocycles. The fraction of sp³-hybridized carbons (Fsp3) is 0.0625. The van der Waals surface area contributed by atoms with Crippen LogP contribution in [0.3, 0.4) is 0 Å². The van der Waals surface area contributed by atoms with Crippen molar-refractivity contribution in [2.45, 2.75) is 0 Å². The Kier molecular flexibility index (Phi) is 3.31. The van der Waals surface area contributed by atoms with E-state index in [1.807, 2.05) is 0 Å². The second kappa shape index (κ2) is 5.28. The number of ether oxygens (including phenoxy) is 1. The number of benzene rings is 2. The van der Waals surface area contributed by atoms with Gasteiger partial charge < -0.3 is 14.3 Å². The Labute approximate surface area is 119 Å². The standard InChI is InChI=1S/C16H11FO4/c17-12-3-6-14-11(7-12)8-15(21-14)10-1-4-13(5-2-10)20-9-16(18)19/h1-8H,9H2,(H,18,19). The zero-order chi connectivity index (χ0) is 14.8. The number of aliphatic carboxylic acids is 1. The molecule has 5 heteroatoms. The van der Waals surface area contributed by atoms with Gasteiger partial charge in [0.2, 0.25) is 0 Å². The number of fused-ring (bicyclic) bond motifs is 1.